The van der Waals surface area contributed by atoms with Gasteiger partial charge in [0.15, 0.2) is 0 Å². The lowest BCUT2D eigenvalue weighted by Crippen LogP contribution is -2.32. The van der Waals surface area contributed by atoms with Crippen molar-refractivity contribution >= 4 is 17.8 Å². The minimum atomic E-state index is -0.836. The highest BCUT2D eigenvalue weighted by Gasteiger charge is 2.33. The highest BCUT2D eigenvalue weighted by Crippen LogP contribution is 2.16. The normalized spacial score (nSPS) is 14.1. The molecule has 102 valence electrons. The van der Waals surface area contributed by atoms with Gasteiger partial charge in [0.1, 0.15) is 0 Å². The molecular formula is C12H10N4O4. The molecule has 1 aromatic rings. The van der Waals surface area contributed by atoms with Crippen LogP contribution in [0.2, 0.25) is 0 Å². The molecular weight excluding hydrogens is 264 g/mol. The highest BCUT2D eigenvalue weighted by atomic mass is 16.7. The number of benzene rings is 1. The number of rotatable bonds is 4. The van der Waals surface area contributed by atoms with Crippen molar-refractivity contribution in [1.29, 1.82) is 0 Å². The number of imide groups is 1. The Labute approximate surface area is 113 Å². The zero-order valence-corrected chi connectivity index (χ0v) is 10.4. The van der Waals surface area contributed by atoms with Gasteiger partial charge >= 0.3 is 5.97 Å². The number of hydrogen-bond donors (Lipinski definition) is 0. The number of hydrogen-bond acceptors (Lipinski definition) is 5. The second-order valence-electron chi connectivity index (χ2n) is 4.01. The van der Waals surface area contributed by atoms with E-state index >= 15 is 0 Å². The average molecular weight is 274 g/mol. The highest BCUT2D eigenvalue weighted by molar-refractivity contribution is 6.02. The molecule has 1 fully saturated rings. The van der Waals surface area contributed by atoms with Crippen LogP contribution in [0.4, 0.5) is 0 Å². The van der Waals surface area contributed by atoms with Gasteiger partial charge in [-0.1, -0.05) is 23.3 Å². The minimum Gasteiger partial charge on any atom is -0.325 e. The Morgan fingerprint density at radius 2 is 1.95 bits per heavy atom. The number of carbonyl (C=O) groups excluding carboxylic acids is 3. The van der Waals surface area contributed by atoms with Crippen LogP contribution < -0.4 is 0 Å². The lowest BCUT2D eigenvalue weighted by molar-refractivity contribution is -0.172. The fraction of sp³-hybridized carbons (Fsp3) is 0.250. The third-order valence-corrected chi connectivity index (χ3v) is 2.72. The van der Waals surface area contributed by atoms with E-state index in [0.29, 0.717) is 10.6 Å². The van der Waals surface area contributed by atoms with Crippen molar-refractivity contribution in [1.82, 2.24) is 5.06 Å². The summed E-state index contributed by atoms with van der Waals surface area (Å²) in [5.41, 5.74) is 8.90. The van der Waals surface area contributed by atoms with Gasteiger partial charge in [-0.05, 0) is 17.2 Å². The molecule has 0 unspecified atom stereocenters. The maximum absolute atomic E-state index is 12.0. The Hall–Kier alpha value is -2.86. The molecule has 1 saturated heterocycles. The molecule has 1 aliphatic heterocycles. The number of azide groups is 1. The molecule has 0 radical (unpaired) electrons. The molecule has 8 nitrogen and oxygen atoms in total. The molecule has 1 heterocycles. The first kappa shape index (κ1) is 13.6. The number of hydroxylamine groups is 2. The van der Waals surface area contributed by atoms with Gasteiger partial charge in [-0.25, -0.2) is 4.79 Å². The van der Waals surface area contributed by atoms with Gasteiger partial charge in [0.2, 0.25) is 0 Å². The standard InChI is InChI=1S/C12H10N4O4/c13-15-14-7-8-3-1-2-4-9(8)12(19)20-16-10(17)5-6-11(16)18/h1-4H,5-7H2. The van der Waals surface area contributed by atoms with Crippen molar-refractivity contribution < 1.29 is 19.2 Å². The predicted octanol–water partition coefficient (Wildman–Crippen LogP) is 1.72. The molecule has 0 aromatic heterocycles. The Balaban J connectivity index is 2.19. The van der Waals surface area contributed by atoms with Crippen molar-refractivity contribution in [2.75, 3.05) is 0 Å². The van der Waals surface area contributed by atoms with E-state index in [0.717, 1.165) is 0 Å². The minimum absolute atomic E-state index is 0.0241. The maximum atomic E-state index is 12.0. The molecule has 0 aliphatic carbocycles. The summed E-state index contributed by atoms with van der Waals surface area (Å²) in [6, 6.07) is 6.34. The largest absolute Gasteiger partial charge is 0.364 e. The van der Waals surface area contributed by atoms with E-state index in [9.17, 15) is 14.4 Å². The van der Waals surface area contributed by atoms with E-state index in [1.165, 1.54) is 6.07 Å². The molecule has 8 heteroatoms. The topological polar surface area (TPSA) is 112 Å². The third kappa shape index (κ3) is 2.76. The zero-order chi connectivity index (χ0) is 14.5. The first-order valence-corrected chi connectivity index (χ1v) is 5.80. The predicted molar refractivity (Wildman–Crippen MR) is 65.8 cm³/mol. The molecule has 2 rings (SSSR count). The van der Waals surface area contributed by atoms with Gasteiger partial charge in [0.05, 0.1) is 12.1 Å². The molecule has 20 heavy (non-hydrogen) atoms. The van der Waals surface area contributed by atoms with E-state index in [2.05, 4.69) is 10.0 Å². The summed E-state index contributed by atoms with van der Waals surface area (Å²) in [5.74, 6) is -1.93. The lowest BCUT2D eigenvalue weighted by atomic mass is 10.1. The first-order chi connectivity index (χ1) is 9.63. The van der Waals surface area contributed by atoms with Crippen molar-refractivity contribution in [3.8, 4) is 0 Å². The van der Waals surface area contributed by atoms with Crippen LogP contribution in [-0.4, -0.2) is 22.8 Å². The van der Waals surface area contributed by atoms with Gasteiger partial charge in [-0.3, -0.25) is 9.59 Å². The molecule has 1 aromatic carbocycles. The molecule has 0 N–H and O–H groups in total. The Kier molecular flexibility index (Phi) is 3.97. The Bertz CT molecular complexity index is 606. The van der Waals surface area contributed by atoms with Gasteiger partial charge in [-0.2, -0.15) is 0 Å². The van der Waals surface area contributed by atoms with E-state index in [4.69, 9.17) is 10.4 Å². The van der Waals surface area contributed by atoms with Crippen LogP contribution in [0.1, 0.15) is 28.8 Å². The maximum Gasteiger partial charge on any atom is 0.364 e. The quantitative estimate of drug-likeness (QED) is 0.360. The molecule has 0 saturated carbocycles. The van der Waals surface area contributed by atoms with Crippen molar-refractivity contribution in [3.05, 3.63) is 45.8 Å². The second kappa shape index (κ2) is 5.85. The summed E-state index contributed by atoms with van der Waals surface area (Å²) in [4.78, 5) is 42.1. The molecule has 0 bridgehead atoms. The van der Waals surface area contributed by atoms with Crippen LogP contribution in [-0.2, 0) is 21.0 Å². The average Bonchev–Trinajstić information content (AvgIpc) is 2.77. The van der Waals surface area contributed by atoms with E-state index < -0.39 is 17.8 Å². The van der Waals surface area contributed by atoms with Crippen molar-refractivity contribution in [3.63, 3.8) is 0 Å². The summed E-state index contributed by atoms with van der Waals surface area (Å²) >= 11 is 0. The Morgan fingerprint density at radius 1 is 1.30 bits per heavy atom. The SMILES string of the molecule is [N-]=[N+]=NCc1ccccc1C(=O)ON1C(=O)CCC1=O. The lowest BCUT2D eigenvalue weighted by Gasteiger charge is -2.13. The smallest absolute Gasteiger partial charge is 0.325 e. The second-order valence-corrected chi connectivity index (χ2v) is 4.01. The van der Waals surface area contributed by atoms with Gasteiger partial charge in [0, 0.05) is 17.8 Å². The van der Waals surface area contributed by atoms with Gasteiger partial charge in [-0.15, -0.1) is 5.06 Å². The van der Waals surface area contributed by atoms with Crippen LogP contribution in [0.15, 0.2) is 29.4 Å². The van der Waals surface area contributed by atoms with Gasteiger partial charge in [0.25, 0.3) is 11.8 Å². The van der Waals surface area contributed by atoms with Crippen LogP contribution in [0, 0.1) is 0 Å². The first-order valence-electron chi connectivity index (χ1n) is 5.80. The van der Waals surface area contributed by atoms with Crippen LogP contribution in [0.25, 0.3) is 10.4 Å². The van der Waals surface area contributed by atoms with E-state index in [1.807, 2.05) is 0 Å². The summed E-state index contributed by atoms with van der Waals surface area (Å²) in [6.45, 7) is -0.0241. The molecule has 0 spiro atoms. The fourth-order valence-corrected chi connectivity index (χ4v) is 1.76. The third-order valence-electron chi connectivity index (χ3n) is 2.72. The summed E-state index contributed by atoms with van der Waals surface area (Å²) in [6.07, 6.45) is 0.0684. The van der Waals surface area contributed by atoms with Crippen LogP contribution >= 0.6 is 0 Å². The van der Waals surface area contributed by atoms with Crippen LogP contribution in [0.5, 0.6) is 0 Å². The van der Waals surface area contributed by atoms with Crippen molar-refractivity contribution in [2.24, 2.45) is 5.11 Å². The summed E-state index contributed by atoms with van der Waals surface area (Å²) in [7, 11) is 0. The molecule has 1 aliphatic rings. The summed E-state index contributed by atoms with van der Waals surface area (Å²) in [5, 5.41) is 3.85. The number of nitrogens with zero attached hydrogens (tertiary/aromatic N) is 4. The number of amides is 2. The summed E-state index contributed by atoms with van der Waals surface area (Å²) < 4.78 is 0. The molecule has 0 atom stereocenters. The van der Waals surface area contributed by atoms with E-state index in [1.54, 1.807) is 18.2 Å². The van der Waals surface area contributed by atoms with Gasteiger partial charge < -0.3 is 4.84 Å². The number of carbonyl (C=O) groups is 3. The van der Waals surface area contributed by atoms with Crippen LogP contribution in [0.3, 0.4) is 0 Å². The Morgan fingerprint density at radius 3 is 2.60 bits per heavy atom. The fourth-order valence-electron chi connectivity index (χ4n) is 1.76. The molecule has 2 amide bonds. The zero-order valence-electron chi connectivity index (χ0n) is 10.4. The van der Waals surface area contributed by atoms with Crippen molar-refractivity contribution in [2.45, 2.75) is 19.4 Å². The van der Waals surface area contributed by atoms with E-state index in [-0.39, 0.29) is 24.9 Å². The monoisotopic (exact) mass is 274 g/mol.